The summed E-state index contributed by atoms with van der Waals surface area (Å²) in [6, 6.07) is 8.26. The van der Waals surface area contributed by atoms with Gasteiger partial charge in [0.25, 0.3) is 0 Å². The Morgan fingerprint density at radius 3 is 2.62 bits per heavy atom. The summed E-state index contributed by atoms with van der Waals surface area (Å²) >= 11 is 0. The number of nitrogens with one attached hydrogen (secondary N) is 2. The third-order valence-corrected chi connectivity index (χ3v) is 7.36. The van der Waals surface area contributed by atoms with E-state index in [1.807, 2.05) is 18.2 Å². The summed E-state index contributed by atoms with van der Waals surface area (Å²) in [6.07, 6.45) is 4.32. The number of benzene rings is 1. The highest BCUT2D eigenvalue weighted by Gasteiger charge is 2.29. The van der Waals surface area contributed by atoms with Crippen molar-refractivity contribution in [1.29, 1.82) is 0 Å². The minimum absolute atomic E-state index is 0. The molecule has 0 aliphatic carbocycles. The molecule has 2 atom stereocenters. The van der Waals surface area contributed by atoms with E-state index in [2.05, 4.69) is 26.6 Å². The highest BCUT2D eigenvalue weighted by Crippen LogP contribution is 2.30. The molecule has 164 valence electrons. The molecule has 1 aromatic carbocycles. The first-order valence-corrected chi connectivity index (χ1v) is 11.9. The van der Waals surface area contributed by atoms with Crippen LogP contribution in [0.25, 0.3) is 0 Å². The number of para-hydroxylation sites is 1. The predicted octanol–water partition coefficient (Wildman–Crippen LogP) is 2.19. The van der Waals surface area contributed by atoms with Gasteiger partial charge in [0.05, 0.1) is 24.7 Å². The number of aliphatic imine (C=N–C) groups is 1. The average molecular weight is 536 g/mol. The monoisotopic (exact) mass is 536 g/mol. The Labute approximate surface area is 191 Å². The molecule has 0 bridgehead atoms. The third kappa shape index (κ3) is 6.71. The molecule has 2 saturated heterocycles. The standard InChI is InChI=1S/C20H32N4O3S.HI/c1-21-20(23-16-10-13-28(25,26)15-16)22-14-18(24-11-6-3-7-12-24)17-8-4-5-9-19(17)27-2;/h4-5,8-9,16,18H,3,6-7,10-15H2,1-2H3,(H2,21,22,23);1H. The van der Waals surface area contributed by atoms with Crippen LogP contribution in [0.3, 0.4) is 0 Å². The maximum Gasteiger partial charge on any atom is 0.191 e. The van der Waals surface area contributed by atoms with Gasteiger partial charge in [0.15, 0.2) is 15.8 Å². The molecule has 2 N–H and O–H groups in total. The van der Waals surface area contributed by atoms with Crippen LogP contribution in [0, 0.1) is 0 Å². The summed E-state index contributed by atoms with van der Waals surface area (Å²) in [5, 5.41) is 6.69. The van der Waals surface area contributed by atoms with E-state index in [4.69, 9.17) is 4.74 Å². The van der Waals surface area contributed by atoms with E-state index in [9.17, 15) is 8.42 Å². The number of hydrogen-bond acceptors (Lipinski definition) is 5. The first kappa shape index (κ1) is 24.2. The molecule has 3 rings (SSSR count). The summed E-state index contributed by atoms with van der Waals surface area (Å²) in [5.41, 5.74) is 1.17. The van der Waals surface area contributed by atoms with Gasteiger partial charge in [0.2, 0.25) is 0 Å². The number of piperidine rings is 1. The van der Waals surface area contributed by atoms with Crippen molar-refractivity contribution in [3.05, 3.63) is 29.8 Å². The lowest BCUT2D eigenvalue weighted by Crippen LogP contribution is -2.47. The molecular formula is C20H33IN4O3S. The number of hydrogen-bond donors (Lipinski definition) is 2. The Morgan fingerprint density at radius 2 is 2.00 bits per heavy atom. The predicted molar refractivity (Wildman–Crippen MR) is 128 cm³/mol. The van der Waals surface area contributed by atoms with E-state index in [-0.39, 0.29) is 47.6 Å². The van der Waals surface area contributed by atoms with Gasteiger partial charge in [-0.1, -0.05) is 24.6 Å². The van der Waals surface area contributed by atoms with Crippen molar-refractivity contribution in [2.45, 2.75) is 37.8 Å². The van der Waals surface area contributed by atoms with Crippen LogP contribution in [0.15, 0.2) is 29.3 Å². The molecule has 2 aliphatic rings. The normalized spacial score (nSPS) is 23.1. The molecule has 0 amide bonds. The van der Waals surface area contributed by atoms with Crippen molar-refractivity contribution in [3.63, 3.8) is 0 Å². The van der Waals surface area contributed by atoms with Gasteiger partial charge >= 0.3 is 0 Å². The molecule has 0 spiro atoms. The zero-order valence-electron chi connectivity index (χ0n) is 17.3. The van der Waals surface area contributed by atoms with Gasteiger partial charge in [-0.05, 0) is 38.4 Å². The van der Waals surface area contributed by atoms with Crippen molar-refractivity contribution in [3.8, 4) is 5.75 Å². The summed E-state index contributed by atoms with van der Waals surface area (Å²) in [5.74, 6) is 1.97. The Balaban J connectivity index is 0.00000300. The van der Waals surface area contributed by atoms with Crippen molar-refractivity contribution >= 4 is 39.8 Å². The number of likely N-dealkylation sites (tertiary alicyclic amines) is 1. The molecular weight excluding hydrogens is 503 g/mol. The van der Waals surface area contributed by atoms with E-state index < -0.39 is 9.84 Å². The Kier molecular flexibility index (Phi) is 9.48. The van der Waals surface area contributed by atoms with Gasteiger partial charge < -0.3 is 15.4 Å². The molecule has 0 radical (unpaired) electrons. The first-order chi connectivity index (χ1) is 13.5. The van der Waals surface area contributed by atoms with Crippen molar-refractivity contribution in [2.24, 2.45) is 4.99 Å². The van der Waals surface area contributed by atoms with Crippen LogP contribution in [0.4, 0.5) is 0 Å². The number of sulfone groups is 1. The lowest BCUT2D eigenvalue weighted by atomic mass is 10.0. The molecule has 29 heavy (non-hydrogen) atoms. The van der Waals surface area contributed by atoms with Gasteiger partial charge in [-0.25, -0.2) is 8.42 Å². The van der Waals surface area contributed by atoms with Crippen LogP contribution in [-0.2, 0) is 9.84 Å². The van der Waals surface area contributed by atoms with E-state index in [0.717, 1.165) is 18.8 Å². The van der Waals surface area contributed by atoms with Crippen molar-refractivity contribution in [2.75, 3.05) is 45.3 Å². The van der Waals surface area contributed by atoms with E-state index in [0.29, 0.717) is 18.9 Å². The SMILES string of the molecule is CN=C(NCC(c1ccccc1OC)N1CCCCC1)NC1CCS(=O)(=O)C1.I. The third-order valence-electron chi connectivity index (χ3n) is 5.59. The van der Waals surface area contributed by atoms with Crippen LogP contribution in [0.2, 0.25) is 0 Å². The molecule has 0 aromatic heterocycles. The molecule has 2 heterocycles. The molecule has 7 nitrogen and oxygen atoms in total. The molecule has 9 heteroatoms. The Morgan fingerprint density at radius 1 is 1.28 bits per heavy atom. The largest absolute Gasteiger partial charge is 0.496 e. The van der Waals surface area contributed by atoms with Crippen molar-refractivity contribution < 1.29 is 13.2 Å². The first-order valence-electron chi connectivity index (χ1n) is 10.1. The fourth-order valence-corrected chi connectivity index (χ4v) is 5.77. The van der Waals surface area contributed by atoms with Gasteiger partial charge in [-0.2, -0.15) is 0 Å². The number of methoxy groups -OCH3 is 1. The molecule has 2 fully saturated rings. The van der Waals surface area contributed by atoms with Crippen LogP contribution in [0.1, 0.15) is 37.3 Å². The minimum Gasteiger partial charge on any atom is -0.496 e. The maximum atomic E-state index is 11.7. The highest BCUT2D eigenvalue weighted by molar-refractivity contribution is 14.0. The van der Waals surface area contributed by atoms with Crippen LogP contribution in [0.5, 0.6) is 5.75 Å². The fraction of sp³-hybridized carbons (Fsp3) is 0.650. The van der Waals surface area contributed by atoms with E-state index in [1.54, 1.807) is 14.2 Å². The number of ether oxygens (including phenoxy) is 1. The summed E-state index contributed by atoms with van der Waals surface area (Å²) in [4.78, 5) is 6.80. The molecule has 1 aromatic rings. The second-order valence-corrected chi connectivity index (χ2v) is 9.78. The zero-order valence-corrected chi connectivity index (χ0v) is 20.4. The van der Waals surface area contributed by atoms with Crippen LogP contribution >= 0.6 is 24.0 Å². The maximum absolute atomic E-state index is 11.7. The van der Waals surface area contributed by atoms with Gasteiger partial charge in [-0.3, -0.25) is 9.89 Å². The summed E-state index contributed by atoms with van der Waals surface area (Å²) in [6.45, 7) is 2.81. The topological polar surface area (TPSA) is 83.0 Å². The second kappa shape index (κ2) is 11.4. The van der Waals surface area contributed by atoms with E-state index >= 15 is 0 Å². The Bertz CT molecular complexity index is 782. The lowest BCUT2D eigenvalue weighted by Gasteiger charge is -2.36. The number of rotatable bonds is 6. The number of halogens is 1. The Hall–Kier alpha value is -1.07. The summed E-state index contributed by atoms with van der Waals surface area (Å²) < 4.78 is 29.0. The van der Waals surface area contributed by atoms with Gasteiger partial charge in [-0.15, -0.1) is 24.0 Å². The van der Waals surface area contributed by atoms with Crippen LogP contribution < -0.4 is 15.4 Å². The average Bonchev–Trinajstić information content (AvgIpc) is 3.06. The van der Waals surface area contributed by atoms with Gasteiger partial charge in [0.1, 0.15) is 5.75 Å². The number of nitrogens with zero attached hydrogens (tertiary/aromatic N) is 2. The number of guanidine groups is 1. The van der Waals surface area contributed by atoms with Crippen molar-refractivity contribution in [1.82, 2.24) is 15.5 Å². The quantitative estimate of drug-likeness (QED) is 0.330. The molecule has 0 saturated carbocycles. The molecule has 2 aliphatic heterocycles. The molecule has 2 unspecified atom stereocenters. The van der Waals surface area contributed by atoms with Crippen LogP contribution in [-0.4, -0.2) is 70.6 Å². The highest BCUT2D eigenvalue weighted by atomic mass is 127. The summed E-state index contributed by atoms with van der Waals surface area (Å²) in [7, 11) is 0.509. The smallest absolute Gasteiger partial charge is 0.191 e. The zero-order chi connectivity index (χ0) is 20.0. The lowest BCUT2D eigenvalue weighted by molar-refractivity contribution is 0.161. The minimum atomic E-state index is -2.92. The second-order valence-electron chi connectivity index (χ2n) is 7.55. The fourth-order valence-electron chi connectivity index (χ4n) is 4.10. The van der Waals surface area contributed by atoms with E-state index in [1.165, 1.54) is 24.8 Å². The van der Waals surface area contributed by atoms with Gasteiger partial charge in [0, 0.05) is 25.2 Å².